The van der Waals surface area contributed by atoms with Crippen LogP contribution >= 0.6 is 0 Å². The van der Waals surface area contributed by atoms with Crippen LogP contribution in [0.3, 0.4) is 0 Å². The minimum Gasteiger partial charge on any atom is -0.444 e. The Hall–Kier alpha value is -3.10. The predicted molar refractivity (Wildman–Crippen MR) is 140 cm³/mol. The molecule has 0 aromatic heterocycles. The van der Waals surface area contributed by atoms with Crippen LogP contribution in [0.15, 0.2) is 24.3 Å². The van der Waals surface area contributed by atoms with Crippen molar-refractivity contribution in [2.45, 2.75) is 111 Å². The number of amides is 4. The first-order valence-corrected chi connectivity index (χ1v) is 12.5. The SMILES string of the molecule is CCC(C)(C)N(C(=O)C(CCC(N)=O)NC(=O)OC(C)(C)C)C(C(=O)NC(C)C)c1cccc(C)c1. The first-order valence-electron chi connectivity index (χ1n) is 12.5. The van der Waals surface area contributed by atoms with Gasteiger partial charge in [0.2, 0.25) is 17.7 Å². The summed E-state index contributed by atoms with van der Waals surface area (Å²) in [5.41, 5.74) is 5.38. The topological polar surface area (TPSA) is 131 Å². The van der Waals surface area contributed by atoms with Gasteiger partial charge >= 0.3 is 6.09 Å². The zero-order valence-electron chi connectivity index (χ0n) is 23.2. The highest BCUT2D eigenvalue weighted by Crippen LogP contribution is 2.33. The van der Waals surface area contributed by atoms with Gasteiger partial charge in [0.1, 0.15) is 17.7 Å². The van der Waals surface area contributed by atoms with Crippen molar-refractivity contribution in [2.24, 2.45) is 5.73 Å². The lowest BCUT2D eigenvalue weighted by Gasteiger charge is -2.44. The highest BCUT2D eigenvalue weighted by Gasteiger charge is 2.43. The summed E-state index contributed by atoms with van der Waals surface area (Å²) in [6, 6.07) is 5.18. The van der Waals surface area contributed by atoms with Gasteiger partial charge in [-0.25, -0.2) is 4.79 Å². The number of nitrogens with two attached hydrogens (primary N) is 1. The zero-order valence-corrected chi connectivity index (χ0v) is 23.2. The van der Waals surface area contributed by atoms with Crippen LogP contribution in [0.2, 0.25) is 0 Å². The molecular formula is C27H44N4O5. The molecule has 9 heteroatoms. The van der Waals surface area contributed by atoms with Gasteiger partial charge in [-0.1, -0.05) is 36.8 Å². The van der Waals surface area contributed by atoms with Crippen LogP contribution in [0.1, 0.15) is 91.8 Å². The average molecular weight is 505 g/mol. The fourth-order valence-corrected chi connectivity index (χ4v) is 3.73. The van der Waals surface area contributed by atoms with E-state index in [1.54, 1.807) is 20.8 Å². The Bertz CT molecular complexity index is 936. The van der Waals surface area contributed by atoms with Gasteiger partial charge in [-0.3, -0.25) is 14.4 Å². The quantitative estimate of drug-likeness (QED) is 0.423. The first-order chi connectivity index (χ1) is 16.5. The summed E-state index contributed by atoms with van der Waals surface area (Å²) in [5.74, 6) is -1.44. The summed E-state index contributed by atoms with van der Waals surface area (Å²) in [6.07, 6.45) is -0.417. The number of hydrogen-bond acceptors (Lipinski definition) is 5. The van der Waals surface area contributed by atoms with E-state index in [2.05, 4.69) is 10.6 Å². The van der Waals surface area contributed by atoms with E-state index in [1.165, 1.54) is 4.90 Å². The molecule has 0 radical (unpaired) electrons. The van der Waals surface area contributed by atoms with Crippen LogP contribution < -0.4 is 16.4 Å². The molecule has 0 aliphatic heterocycles. The van der Waals surface area contributed by atoms with Gasteiger partial charge < -0.3 is 26.0 Å². The number of hydrogen-bond donors (Lipinski definition) is 3. The predicted octanol–water partition coefficient (Wildman–Crippen LogP) is 3.74. The molecule has 36 heavy (non-hydrogen) atoms. The summed E-state index contributed by atoms with van der Waals surface area (Å²) in [5, 5.41) is 5.55. The molecule has 0 fully saturated rings. The molecule has 4 amide bonds. The molecular weight excluding hydrogens is 460 g/mol. The number of benzene rings is 1. The number of rotatable bonds is 11. The second-order valence-corrected chi connectivity index (χ2v) is 11.1. The molecule has 0 aliphatic rings. The smallest absolute Gasteiger partial charge is 0.408 e. The van der Waals surface area contributed by atoms with E-state index in [1.807, 2.05) is 65.8 Å². The molecule has 2 unspecified atom stereocenters. The molecule has 0 aliphatic carbocycles. The fraction of sp³-hybridized carbons (Fsp3) is 0.630. The van der Waals surface area contributed by atoms with Crippen LogP contribution in [-0.2, 0) is 19.1 Å². The maximum atomic E-state index is 14.2. The summed E-state index contributed by atoms with van der Waals surface area (Å²) < 4.78 is 5.36. The third-order valence-corrected chi connectivity index (χ3v) is 5.72. The average Bonchev–Trinajstić information content (AvgIpc) is 2.72. The number of carbonyl (C=O) groups excluding carboxylic acids is 4. The Labute approximate surface area is 215 Å². The van der Waals surface area contributed by atoms with Gasteiger partial charge in [0.25, 0.3) is 0 Å². The van der Waals surface area contributed by atoms with Gasteiger partial charge in [-0.15, -0.1) is 0 Å². The Morgan fingerprint density at radius 3 is 2.14 bits per heavy atom. The number of aryl methyl sites for hydroxylation is 1. The minimum absolute atomic E-state index is 0.0317. The van der Waals surface area contributed by atoms with Crippen LogP contribution in [0, 0.1) is 6.92 Å². The van der Waals surface area contributed by atoms with Crippen LogP contribution in [-0.4, -0.2) is 51.9 Å². The van der Waals surface area contributed by atoms with E-state index < -0.39 is 41.1 Å². The molecule has 0 heterocycles. The summed E-state index contributed by atoms with van der Waals surface area (Å²) in [4.78, 5) is 53.5. The van der Waals surface area contributed by atoms with Crippen LogP contribution in [0.4, 0.5) is 4.79 Å². The van der Waals surface area contributed by atoms with E-state index in [0.717, 1.165) is 5.56 Å². The highest BCUT2D eigenvalue weighted by molar-refractivity contribution is 5.93. The van der Waals surface area contributed by atoms with Crippen molar-refractivity contribution in [1.29, 1.82) is 0 Å². The highest BCUT2D eigenvalue weighted by atomic mass is 16.6. The van der Waals surface area contributed by atoms with Crippen molar-refractivity contribution in [3.63, 3.8) is 0 Å². The van der Waals surface area contributed by atoms with Gasteiger partial charge in [-0.05, 0) is 73.8 Å². The van der Waals surface area contributed by atoms with E-state index in [9.17, 15) is 19.2 Å². The van der Waals surface area contributed by atoms with Crippen LogP contribution in [0.25, 0.3) is 0 Å². The Morgan fingerprint density at radius 1 is 1.06 bits per heavy atom. The fourth-order valence-electron chi connectivity index (χ4n) is 3.73. The lowest BCUT2D eigenvalue weighted by molar-refractivity contribution is -0.149. The Balaban J connectivity index is 3.64. The second-order valence-electron chi connectivity index (χ2n) is 11.1. The second kappa shape index (κ2) is 12.7. The molecule has 9 nitrogen and oxygen atoms in total. The van der Waals surface area contributed by atoms with Crippen molar-refractivity contribution in [3.8, 4) is 0 Å². The molecule has 0 bridgehead atoms. The van der Waals surface area contributed by atoms with Gasteiger partial charge in [0.15, 0.2) is 0 Å². The molecule has 0 saturated carbocycles. The maximum absolute atomic E-state index is 14.2. The first kappa shape index (κ1) is 30.9. The van der Waals surface area contributed by atoms with E-state index in [4.69, 9.17) is 10.5 Å². The third-order valence-electron chi connectivity index (χ3n) is 5.72. The molecule has 202 valence electrons. The minimum atomic E-state index is -1.13. The van der Waals surface area contributed by atoms with E-state index >= 15 is 0 Å². The molecule has 1 aromatic carbocycles. The normalized spacial score (nSPS) is 13.5. The maximum Gasteiger partial charge on any atom is 0.408 e. The molecule has 0 saturated heterocycles. The number of nitrogens with one attached hydrogen (secondary N) is 2. The van der Waals surface area contributed by atoms with E-state index in [0.29, 0.717) is 12.0 Å². The Morgan fingerprint density at radius 2 is 1.67 bits per heavy atom. The molecule has 1 aromatic rings. The number of primary amides is 1. The Kier molecular flexibility index (Phi) is 10.9. The standard InChI is InChI=1S/C27H44N4O5/c1-10-27(8,9)31(22(23(33)29-17(2)3)19-13-11-12-18(4)16-19)24(34)20(14-15-21(28)32)30-25(35)36-26(5,6)7/h11-13,16-17,20,22H,10,14-15H2,1-9H3,(H2,28,32)(H,29,33)(H,30,35). The van der Waals surface area contributed by atoms with Crippen molar-refractivity contribution >= 4 is 23.8 Å². The van der Waals surface area contributed by atoms with Gasteiger partial charge in [-0.2, -0.15) is 0 Å². The lowest BCUT2D eigenvalue weighted by Crippen LogP contribution is -2.59. The van der Waals surface area contributed by atoms with Crippen molar-refractivity contribution < 1.29 is 23.9 Å². The van der Waals surface area contributed by atoms with E-state index in [-0.39, 0.29) is 24.8 Å². The number of alkyl carbamates (subject to hydrolysis) is 1. The largest absolute Gasteiger partial charge is 0.444 e. The molecule has 4 N–H and O–H groups in total. The van der Waals surface area contributed by atoms with Gasteiger partial charge in [0, 0.05) is 18.0 Å². The number of nitrogens with zero attached hydrogens (tertiary/aromatic N) is 1. The molecule has 2 atom stereocenters. The summed E-state index contributed by atoms with van der Waals surface area (Å²) in [6.45, 7) is 16.4. The van der Waals surface area contributed by atoms with Gasteiger partial charge in [0.05, 0.1) is 0 Å². The third kappa shape index (κ3) is 9.51. The monoisotopic (exact) mass is 504 g/mol. The molecule has 1 rings (SSSR count). The van der Waals surface area contributed by atoms with Crippen LogP contribution in [0.5, 0.6) is 0 Å². The van der Waals surface area contributed by atoms with Crippen molar-refractivity contribution in [1.82, 2.24) is 15.5 Å². The van der Waals surface area contributed by atoms with Crippen molar-refractivity contribution in [2.75, 3.05) is 0 Å². The zero-order chi connectivity index (χ0) is 27.8. The number of ether oxygens (including phenoxy) is 1. The molecule has 0 spiro atoms. The van der Waals surface area contributed by atoms with Crippen molar-refractivity contribution in [3.05, 3.63) is 35.4 Å². The summed E-state index contributed by atoms with van der Waals surface area (Å²) >= 11 is 0. The number of carbonyl (C=O) groups is 4. The lowest BCUT2D eigenvalue weighted by atomic mass is 9.91. The summed E-state index contributed by atoms with van der Waals surface area (Å²) in [7, 11) is 0.